The lowest BCUT2D eigenvalue weighted by Crippen LogP contribution is -2.53. The number of hydrogen-bond acceptors (Lipinski definition) is 6. The van der Waals surface area contributed by atoms with Crippen LogP contribution in [0.2, 0.25) is 0 Å². The third-order valence-corrected chi connectivity index (χ3v) is 8.33. The Morgan fingerprint density at radius 2 is 1.54 bits per heavy atom. The number of nitrogens with one attached hydrogen (secondary N) is 1. The molecule has 1 N–H and O–H groups in total. The molecule has 9 nitrogen and oxygen atoms in total. The molecule has 3 aromatic carbocycles. The first kappa shape index (κ1) is 31.5. The zero-order valence-electron chi connectivity index (χ0n) is 24.5. The molecule has 0 spiro atoms. The van der Waals surface area contributed by atoms with Crippen molar-refractivity contribution >= 4 is 27.5 Å². The largest absolute Gasteiger partial charge is 0.493 e. The van der Waals surface area contributed by atoms with Crippen molar-refractivity contribution in [1.29, 1.82) is 0 Å². The Bertz CT molecular complexity index is 1430. The minimum Gasteiger partial charge on any atom is -0.493 e. The second kappa shape index (κ2) is 14.0. The Morgan fingerprint density at radius 1 is 0.902 bits per heavy atom. The number of carbonyl (C=O) groups excluding carboxylic acids is 2. The summed E-state index contributed by atoms with van der Waals surface area (Å²) >= 11 is 0. The van der Waals surface area contributed by atoms with Gasteiger partial charge in [-0.05, 0) is 57.0 Å². The van der Waals surface area contributed by atoms with Crippen molar-refractivity contribution < 1.29 is 27.5 Å². The summed E-state index contributed by atoms with van der Waals surface area (Å²) in [6.45, 7) is 7.04. The molecule has 3 aromatic rings. The summed E-state index contributed by atoms with van der Waals surface area (Å²) in [6, 6.07) is 19.6. The molecule has 0 saturated carbocycles. The van der Waals surface area contributed by atoms with Crippen molar-refractivity contribution in [1.82, 2.24) is 10.2 Å². The van der Waals surface area contributed by atoms with Crippen LogP contribution in [-0.4, -0.2) is 58.0 Å². The van der Waals surface area contributed by atoms with Gasteiger partial charge in [0.1, 0.15) is 12.6 Å². The van der Waals surface area contributed by atoms with Gasteiger partial charge in [-0.1, -0.05) is 55.0 Å². The molecule has 0 saturated heterocycles. The number of carbonyl (C=O) groups is 2. The fraction of sp³-hybridized carbons (Fsp3) is 0.355. The number of ether oxygens (including phenoxy) is 2. The number of aryl methyl sites for hydroxylation is 1. The van der Waals surface area contributed by atoms with Gasteiger partial charge < -0.3 is 19.7 Å². The predicted octanol–water partition coefficient (Wildman–Crippen LogP) is 4.54. The molecular formula is C31H39N3O6S. The number of nitrogens with zero attached hydrogens (tertiary/aromatic N) is 2. The Balaban J connectivity index is 2.08. The highest BCUT2D eigenvalue weighted by Gasteiger charge is 2.34. The number of sulfonamides is 1. The average Bonchev–Trinajstić information content (AvgIpc) is 2.95. The van der Waals surface area contributed by atoms with Gasteiger partial charge in [-0.3, -0.25) is 13.9 Å². The highest BCUT2D eigenvalue weighted by atomic mass is 32.2. The average molecular weight is 582 g/mol. The molecule has 1 atom stereocenters. The molecule has 220 valence electrons. The van der Waals surface area contributed by atoms with Crippen molar-refractivity contribution in [2.24, 2.45) is 0 Å². The van der Waals surface area contributed by atoms with E-state index in [4.69, 9.17) is 9.47 Å². The SMILES string of the molecule is CC[C@@H](C(=O)NC(C)C)N(Cc1ccccc1)C(=O)CN(c1ccc(C)cc1)S(=O)(=O)c1ccc(OC)c(OC)c1. The summed E-state index contributed by atoms with van der Waals surface area (Å²) in [7, 11) is -1.36. The number of methoxy groups -OCH3 is 2. The zero-order valence-corrected chi connectivity index (χ0v) is 25.3. The zero-order chi connectivity index (χ0) is 30.2. The third kappa shape index (κ3) is 7.79. The van der Waals surface area contributed by atoms with E-state index in [0.29, 0.717) is 17.9 Å². The monoisotopic (exact) mass is 581 g/mol. The lowest BCUT2D eigenvalue weighted by molar-refractivity contribution is -0.140. The quantitative estimate of drug-likeness (QED) is 0.318. The highest BCUT2D eigenvalue weighted by Crippen LogP contribution is 2.32. The van der Waals surface area contributed by atoms with Gasteiger partial charge in [0.05, 0.1) is 24.8 Å². The first-order valence-corrected chi connectivity index (χ1v) is 14.9. The van der Waals surface area contributed by atoms with Gasteiger partial charge >= 0.3 is 0 Å². The maximum Gasteiger partial charge on any atom is 0.264 e. The highest BCUT2D eigenvalue weighted by molar-refractivity contribution is 7.92. The number of benzene rings is 3. The number of hydrogen-bond donors (Lipinski definition) is 1. The standard InChI is InChI=1S/C31H39N3O6S/c1-7-27(31(36)32-22(2)3)33(20-24-11-9-8-10-12-24)30(35)21-34(25-15-13-23(4)14-16-25)41(37,38)26-17-18-28(39-5)29(19-26)40-6/h8-19,22,27H,7,20-21H2,1-6H3,(H,32,36)/t27-/m0/s1. The van der Waals surface area contributed by atoms with E-state index in [9.17, 15) is 18.0 Å². The van der Waals surface area contributed by atoms with Crippen LogP contribution in [0.15, 0.2) is 77.7 Å². The molecule has 3 rings (SSSR count). The molecule has 41 heavy (non-hydrogen) atoms. The van der Waals surface area contributed by atoms with Crippen LogP contribution in [0.3, 0.4) is 0 Å². The summed E-state index contributed by atoms with van der Waals surface area (Å²) in [5.41, 5.74) is 2.07. The Morgan fingerprint density at radius 3 is 2.10 bits per heavy atom. The van der Waals surface area contributed by atoms with Crippen LogP contribution in [0.5, 0.6) is 11.5 Å². The topological polar surface area (TPSA) is 105 Å². The minimum absolute atomic E-state index is 0.0669. The van der Waals surface area contributed by atoms with Crippen molar-refractivity contribution in [3.05, 3.63) is 83.9 Å². The van der Waals surface area contributed by atoms with Gasteiger partial charge in [-0.2, -0.15) is 0 Å². The first-order chi connectivity index (χ1) is 19.5. The van der Waals surface area contributed by atoms with Crippen molar-refractivity contribution in [3.63, 3.8) is 0 Å². The van der Waals surface area contributed by atoms with Gasteiger partial charge in [0.25, 0.3) is 10.0 Å². The number of amides is 2. The fourth-order valence-electron chi connectivity index (χ4n) is 4.42. The van der Waals surface area contributed by atoms with Crippen LogP contribution in [0, 0.1) is 6.92 Å². The fourth-order valence-corrected chi connectivity index (χ4v) is 5.85. The van der Waals surface area contributed by atoms with Gasteiger partial charge in [-0.25, -0.2) is 8.42 Å². The molecule has 0 aliphatic heterocycles. The summed E-state index contributed by atoms with van der Waals surface area (Å²) in [6.07, 6.45) is 0.351. The van der Waals surface area contributed by atoms with Gasteiger partial charge in [-0.15, -0.1) is 0 Å². The molecule has 0 heterocycles. The second-order valence-electron chi connectivity index (χ2n) is 9.96. The summed E-state index contributed by atoms with van der Waals surface area (Å²) in [4.78, 5) is 28.7. The molecule has 0 aliphatic carbocycles. The van der Waals surface area contributed by atoms with E-state index in [1.165, 1.54) is 37.3 Å². The maximum absolute atomic E-state index is 14.1. The lowest BCUT2D eigenvalue weighted by atomic mass is 10.1. The van der Waals surface area contributed by atoms with E-state index in [1.807, 2.05) is 58.0 Å². The van der Waals surface area contributed by atoms with Crippen molar-refractivity contribution in [2.45, 2.75) is 57.6 Å². The molecule has 10 heteroatoms. The van der Waals surface area contributed by atoms with Gasteiger partial charge in [0.2, 0.25) is 11.8 Å². The molecule has 0 aliphatic rings. The van der Waals surface area contributed by atoms with Crippen LogP contribution in [0.25, 0.3) is 0 Å². The van der Waals surface area contributed by atoms with E-state index in [1.54, 1.807) is 24.3 Å². The first-order valence-electron chi connectivity index (χ1n) is 13.5. The number of anilines is 1. The normalized spacial score (nSPS) is 12.0. The molecule has 0 unspecified atom stereocenters. The summed E-state index contributed by atoms with van der Waals surface area (Å²) in [5, 5.41) is 2.90. The lowest BCUT2D eigenvalue weighted by Gasteiger charge is -2.33. The molecular weight excluding hydrogens is 542 g/mol. The van der Waals surface area contributed by atoms with Gasteiger partial charge in [0, 0.05) is 18.7 Å². The van der Waals surface area contributed by atoms with Crippen LogP contribution in [0.4, 0.5) is 5.69 Å². The maximum atomic E-state index is 14.1. The Labute approximate surface area is 243 Å². The third-order valence-electron chi connectivity index (χ3n) is 6.56. The molecule has 2 amide bonds. The Kier molecular flexibility index (Phi) is 10.8. The molecule has 0 radical (unpaired) electrons. The summed E-state index contributed by atoms with van der Waals surface area (Å²) < 4.78 is 39.9. The van der Waals surface area contributed by atoms with Gasteiger partial charge in [0.15, 0.2) is 11.5 Å². The Hall–Kier alpha value is -4.05. The predicted molar refractivity (Wildman–Crippen MR) is 160 cm³/mol. The smallest absolute Gasteiger partial charge is 0.264 e. The molecule has 0 fully saturated rings. The van der Waals surface area contributed by atoms with E-state index >= 15 is 0 Å². The van der Waals surface area contributed by atoms with Crippen LogP contribution < -0.4 is 19.1 Å². The molecule has 0 aromatic heterocycles. The summed E-state index contributed by atoms with van der Waals surface area (Å²) in [5.74, 6) is -0.188. The van der Waals surface area contributed by atoms with Crippen molar-refractivity contribution in [2.75, 3.05) is 25.1 Å². The van der Waals surface area contributed by atoms with E-state index in [2.05, 4.69) is 5.32 Å². The van der Waals surface area contributed by atoms with Crippen molar-refractivity contribution in [3.8, 4) is 11.5 Å². The second-order valence-corrected chi connectivity index (χ2v) is 11.8. The minimum atomic E-state index is -4.25. The van der Waals surface area contributed by atoms with E-state index in [0.717, 1.165) is 15.4 Å². The van der Waals surface area contributed by atoms with E-state index < -0.39 is 28.5 Å². The molecule has 0 bridgehead atoms. The van der Waals surface area contributed by atoms with Crippen LogP contribution in [-0.2, 0) is 26.2 Å². The number of rotatable bonds is 13. The van der Waals surface area contributed by atoms with Crippen LogP contribution >= 0.6 is 0 Å². The van der Waals surface area contributed by atoms with E-state index in [-0.39, 0.29) is 29.1 Å². The van der Waals surface area contributed by atoms with Crippen LogP contribution in [0.1, 0.15) is 38.3 Å².